The van der Waals surface area contributed by atoms with Crippen molar-refractivity contribution in [1.82, 2.24) is 10.3 Å². The number of carbonyl (C=O) groups excluding carboxylic acids is 1. The number of halogens is 3. The van der Waals surface area contributed by atoms with Crippen molar-refractivity contribution in [3.8, 4) is 0 Å². The lowest BCUT2D eigenvalue weighted by molar-refractivity contribution is -0.137. The fourth-order valence-electron chi connectivity index (χ4n) is 1.92. The second kappa shape index (κ2) is 6.91. The van der Waals surface area contributed by atoms with Gasteiger partial charge in [-0.05, 0) is 31.0 Å². The van der Waals surface area contributed by atoms with Crippen molar-refractivity contribution in [2.75, 3.05) is 6.54 Å². The van der Waals surface area contributed by atoms with Crippen LogP contribution in [0.1, 0.15) is 21.8 Å². The second-order valence-electron chi connectivity index (χ2n) is 4.83. The molecular weight excluding hydrogens is 313 g/mol. The number of alkyl halides is 3. The fourth-order valence-corrected chi connectivity index (χ4v) is 2.54. The molecule has 3 nitrogen and oxygen atoms in total. The Hall–Kier alpha value is -1.89. The normalized spacial score (nSPS) is 11.5. The summed E-state index contributed by atoms with van der Waals surface area (Å²) in [6.45, 7) is 2.25. The topological polar surface area (TPSA) is 42.0 Å². The number of aromatic nitrogens is 1. The van der Waals surface area contributed by atoms with E-state index in [0.717, 1.165) is 28.4 Å². The molecule has 0 aliphatic rings. The third kappa shape index (κ3) is 4.84. The van der Waals surface area contributed by atoms with Gasteiger partial charge in [-0.2, -0.15) is 13.2 Å². The molecule has 1 amide bonds. The fraction of sp³-hybridized carbons (Fsp3) is 0.333. The van der Waals surface area contributed by atoms with Gasteiger partial charge in [0.15, 0.2) is 0 Å². The summed E-state index contributed by atoms with van der Waals surface area (Å²) < 4.78 is 37.3. The quantitative estimate of drug-likeness (QED) is 0.914. The van der Waals surface area contributed by atoms with Crippen LogP contribution in [-0.4, -0.2) is 17.4 Å². The molecule has 0 aliphatic carbocycles. The third-order valence-corrected chi connectivity index (χ3v) is 3.85. The predicted molar refractivity (Wildman–Crippen MR) is 78.7 cm³/mol. The van der Waals surface area contributed by atoms with Gasteiger partial charge < -0.3 is 5.32 Å². The van der Waals surface area contributed by atoms with Crippen LogP contribution in [0.4, 0.5) is 13.2 Å². The number of nitrogens with one attached hydrogen (secondary N) is 1. The Morgan fingerprint density at radius 2 is 1.95 bits per heavy atom. The van der Waals surface area contributed by atoms with E-state index >= 15 is 0 Å². The van der Waals surface area contributed by atoms with Gasteiger partial charge in [0.05, 0.1) is 22.7 Å². The van der Waals surface area contributed by atoms with Crippen molar-refractivity contribution >= 4 is 17.2 Å². The van der Waals surface area contributed by atoms with Crippen molar-refractivity contribution in [2.45, 2.75) is 25.9 Å². The van der Waals surface area contributed by atoms with E-state index in [1.54, 1.807) is 0 Å². The minimum absolute atomic E-state index is 0.141. The smallest absolute Gasteiger partial charge is 0.355 e. The van der Waals surface area contributed by atoms with Crippen LogP contribution in [0, 0.1) is 6.92 Å². The van der Waals surface area contributed by atoms with Gasteiger partial charge in [-0.3, -0.25) is 4.79 Å². The minimum Gasteiger partial charge on any atom is -0.355 e. The van der Waals surface area contributed by atoms with E-state index in [1.807, 2.05) is 12.3 Å². The molecule has 1 aromatic heterocycles. The number of thiazole rings is 1. The predicted octanol–water partition coefficient (Wildman–Crippen LogP) is 3.37. The summed E-state index contributed by atoms with van der Waals surface area (Å²) in [5, 5.41) is 5.49. The maximum atomic E-state index is 12.4. The van der Waals surface area contributed by atoms with Crippen molar-refractivity contribution in [3.63, 3.8) is 0 Å². The molecule has 22 heavy (non-hydrogen) atoms. The average molecular weight is 328 g/mol. The molecule has 0 radical (unpaired) electrons. The summed E-state index contributed by atoms with van der Waals surface area (Å²) in [6.07, 6.45) is -3.62. The molecule has 0 fully saturated rings. The van der Waals surface area contributed by atoms with Gasteiger partial charge in [0.2, 0.25) is 5.91 Å². The van der Waals surface area contributed by atoms with Gasteiger partial charge in [-0.15, -0.1) is 11.3 Å². The number of rotatable bonds is 5. The highest BCUT2D eigenvalue weighted by Gasteiger charge is 2.29. The summed E-state index contributed by atoms with van der Waals surface area (Å²) in [5.41, 5.74) is 0.812. The number of hydrogen-bond acceptors (Lipinski definition) is 3. The zero-order chi connectivity index (χ0) is 16.2. The van der Waals surface area contributed by atoms with Crippen molar-refractivity contribution in [2.24, 2.45) is 0 Å². The van der Waals surface area contributed by atoms with Crippen LogP contribution in [0.25, 0.3) is 0 Å². The molecule has 0 bridgehead atoms. The van der Waals surface area contributed by atoms with E-state index in [9.17, 15) is 18.0 Å². The van der Waals surface area contributed by atoms with E-state index in [2.05, 4.69) is 10.3 Å². The monoisotopic (exact) mass is 328 g/mol. The summed E-state index contributed by atoms with van der Waals surface area (Å²) in [4.78, 5) is 15.9. The van der Waals surface area contributed by atoms with Crippen LogP contribution in [0.5, 0.6) is 0 Å². The van der Waals surface area contributed by atoms with Gasteiger partial charge in [-0.1, -0.05) is 12.1 Å². The molecule has 1 N–H and O–H groups in total. The first-order valence-electron chi connectivity index (χ1n) is 6.68. The maximum absolute atomic E-state index is 12.4. The minimum atomic E-state index is -4.32. The largest absolute Gasteiger partial charge is 0.416 e. The number of benzene rings is 1. The third-order valence-electron chi connectivity index (χ3n) is 3.03. The Morgan fingerprint density at radius 1 is 1.27 bits per heavy atom. The standard InChI is InChI=1S/C15H15F3N2OS/c1-10-20-13(9-22-10)8-14(21)19-7-6-11-2-4-12(5-3-11)15(16,17)18/h2-5,9H,6-8H2,1H3,(H,19,21). The van der Waals surface area contributed by atoms with Crippen molar-refractivity contribution < 1.29 is 18.0 Å². The molecule has 2 aromatic rings. The average Bonchev–Trinajstić information content (AvgIpc) is 2.83. The number of aryl methyl sites for hydroxylation is 1. The molecule has 0 spiro atoms. The van der Waals surface area contributed by atoms with Crippen LogP contribution < -0.4 is 5.32 Å². The number of nitrogens with zero attached hydrogens (tertiary/aromatic N) is 1. The molecule has 0 unspecified atom stereocenters. The van der Waals surface area contributed by atoms with E-state index < -0.39 is 11.7 Å². The lowest BCUT2D eigenvalue weighted by Gasteiger charge is -2.08. The van der Waals surface area contributed by atoms with Gasteiger partial charge in [0.1, 0.15) is 0 Å². The molecule has 0 saturated carbocycles. The Labute approximate surface area is 130 Å². The van der Waals surface area contributed by atoms with Crippen LogP contribution >= 0.6 is 11.3 Å². The van der Waals surface area contributed by atoms with Gasteiger partial charge in [0.25, 0.3) is 0 Å². The molecule has 1 heterocycles. The highest BCUT2D eigenvalue weighted by atomic mass is 32.1. The van der Waals surface area contributed by atoms with Crippen LogP contribution in [0.2, 0.25) is 0 Å². The van der Waals surface area contributed by atoms with Crippen molar-refractivity contribution in [3.05, 3.63) is 51.5 Å². The molecule has 0 saturated heterocycles. The maximum Gasteiger partial charge on any atom is 0.416 e. The lowest BCUT2D eigenvalue weighted by atomic mass is 10.1. The Kier molecular flexibility index (Phi) is 5.18. The summed E-state index contributed by atoms with van der Waals surface area (Å²) in [6, 6.07) is 4.96. The zero-order valence-electron chi connectivity index (χ0n) is 11.9. The van der Waals surface area contributed by atoms with Gasteiger partial charge in [-0.25, -0.2) is 4.98 Å². The molecule has 0 aliphatic heterocycles. The number of amides is 1. The van der Waals surface area contributed by atoms with Crippen molar-refractivity contribution in [1.29, 1.82) is 0 Å². The number of carbonyl (C=O) groups is 1. The first-order chi connectivity index (χ1) is 10.3. The molecule has 0 atom stereocenters. The van der Waals surface area contributed by atoms with E-state index in [4.69, 9.17) is 0 Å². The Bertz CT molecular complexity index is 635. The molecule has 1 aromatic carbocycles. The van der Waals surface area contributed by atoms with E-state index in [0.29, 0.717) is 13.0 Å². The lowest BCUT2D eigenvalue weighted by Crippen LogP contribution is -2.27. The molecular formula is C15H15F3N2OS. The molecule has 7 heteroatoms. The molecule has 118 valence electrons. The highest BCUT2D eigenvalue weighted by molar-refractivity contribution is 7.09. The van der Waals surface area contributed by atoms with Crippen LogP contribution in [0.3, 0.4) is 0 Å². The van der Waals surface area contributed by atoms with Gasteiger partial charge in [0, 0.05) is 11.9 Å². The molecule has 2 rings (SSSR count). The van der Waals surface area contributed by atoms with E-state index in [-0.39, 0.29) is 12.3 Å². The first-order valence-corrected chi connectivity index (χ1v) is 7.56. The Balaban J connectivity index is 1.77. The summed E-state index contributed by atoms with van der Waals surface area (Å²) >= 11 is 1.49. The first kappa shape index (κ1) is 16.5. The van der Waals surface area contributed by atoms with Gasteiger partial charge >= 0.3 is 6.18 Å². The SMILES string of the molecule is Cc1nc(CC(=O)NCCc2ccc(C(F)(F)F)cc2)cs1. The summed E-state index contributed by atoms with van der Waals surface area (Å²) in [7, 11) is 0. The Morgan fingerprint density at radius 3 is 2.50 bits per heavy atom. The zero-order valence-corrected chi connectivity index (χ0v) is 12.7. The second-order valence-corrected chi connectivity index (χ2v) is 5.89. The number of hydrogen-bond donors (Lipinski definition) is 1. The van der Waals surface area contributed by atoms with Crippen LogP contribution in [0.15, 0.2) is 29.6 Å². The summed E-state index contributed by atoms with van der Waals surface area (Å²) in [5.74, 6) is -0.141. The van der Waals surface area contributed by atoms with E-state index in [1.165, 1.54) is 23.5 Å². The van der Waals surface area contributed by atoms with Crippen LogP contribution in [-0.2, 0) is 23.8 Å². The highest BCUT2D eigenvalue weighted by Crippen LogP contribution is 2.29.